The molecule has 0 radical (unpaired) electrons. The van der Waals surface area contributed by atoms with Crippen molar-refractivity contribution in [3.63, 3.8) is 0 Å². The summed E-state index contributed by atoms with van der Waals surface area (Å²) in [5.41, 5.74) is 0.820. The minimum absolute atomic E-state index is 0.0182. The van der Waals surface area contributed by atoms with E-state index >= 15 is 0 Å². The number of aliphatic carboxylic acids is 2. The number of nitrogens with zero attached hydrogens (tertiary/aromatic N) is 1. The van der Waals surface area contributed by atoms with Gasteiger partial charge >= 0.3 is 11.9 Å². The van der Waals surface area contributed by atoms with Gasteiger partial charge in [-0.15, -0.1) is 0 Å². The monoisotopic (exact) mass is 315 g/mol. The summed E-state index contributed by atoms with van der Waals surface area (Å²) in [7, 11) is 0. The lowest BCUT2D eigenvalue weighted by molar-refractivity contribution is -0.137. The fourth-order valence-electron chi connectivity index (χ4n) is 1.48. The minimum atomic E-state index is -0.896. The Labute approximate surface area is 113 Å². The lowest BCUT2D eigenvalue weighted by Crippen LogP contribution is -2.28. The molecular weight excluding hydrogens is 302 g/mol. The number of halogens is 1. The van der Waals surface area contributed by atoms with E-state index in [2.05, 4.69) is 15.9 Å². The fraction of sp³-hybridized carbons (Fsp3) is 0.333. The maximum Gasteiger partial charge on any atom is 0.305 e. The normalized spacial score (nSPS) is 10.1. The molecule has 2 N–H and O–H groups in total. The highest BCUT2D eigenvalue weighted by Gasteiger charge is 2.10. The zero-order valence-corrected chi connectivity index (χ0v) is 11.3. The summed E-state index contributed by atoms with van der Waals surface area (Å²) in [6.45, 7) is 0.592. The maximum absolute atomic E-state index is 10.6. The van der Waals surface area contributed by atoms with Crippen molar-refractivity contribution in [3.05, 3.63) is 28.7 Å². The molecule has 0 spiro atoms. The first-order chi connectivity index (χ1) is 8.49. The van der Waals surface area contributed by atoms with E-state index in [-0.39, 0.29) is 12.8 Å². The molecule has 0 atom stereocenters. The van der Waals surface area contributed by atoms with Gasteiger partial charge in [0.15, 0.2) is 0 Å². The summed E-state index contributed by atoms with van der Waals surface area (Å²) in [6.07, 6.45) is -0.0363. The van der Waals surface area contributed by atoms with Crippen molar-refractivity contribution >= 4 is 33.6 Å². The van der Waals surface area contributed by atoms with E-state index in [9.17, 15) is 9.59 Å². The average molecular weight is 316 g/mol. The number of benzene rings is 1. The lowest BCUT2D eigenvalue weighted by Gasteiger charge is -2.23. The van der Waals surface area contributed by atoms with Crippen LogP contribution in [-0.2, 0) is 9.59 Å². The van der Waals surface area contributed by atoms with Gasteiger partial charge in [0.25, 0.3) is 0 Å². The van der Waals surface area contributed by atoms with Crippen molar-refractivity contribution in [1.82, 2.24) is 0 Å². The van der Waals surface area contributed by atoms with E-state index in [1.165, 1.54) is 0 Å². The van der Waals surface area contributed by atoms with Crippen LogP contribution in [0.15, 0.2) is 28.7 Å². The summed E-state index contributed by atoms with van der Waals surface area (Å²) >= 11 is 3.31. The number of hydrogen-bond acceptors (Lipinski definition) is 3. The van der Waals surface area contributed by atoms with Gasteiger partial charge < -0.3 is 15.1 Å². The predicted molar refractivity (Wildman–Crippen MR) is 70.9 cm³/mol. The number of carboxylic acids is 2. The highest BCUT2D eigenvalue weighted by Crippen LogP contribution is 2.19. The summed E-state index contributed by atoms with van der Waals surface area (Å²) < 4.78 is 0.919. The molecule has 0 aliphatic rings. The lowest BCUT2D eigenvalue weighted by atomic mass is 10.2. The van der Waals surface area contributed by atoms with Crippen molar-refractivity contribution in [2.75, 3.05) is 18.0 Å². The van der Waals surface area contributed by atoms with Crippen LogP contribution in [0.4, 0.5) is 5.69 Å². The van der Waals surface area contributed by atoms with Crippen LogP contribution in [0.3, 0.4) is 0 Å². The average Bonchev–Trinajstić information content (AvgIpc) is 2.30. The molecule has 98 valence electrons. The standard InChI is InChI=1S/C12H14BrNO4/c13-9-1-3-10(4-2-9)14(7-5-11(15)16)8-6-12(17)18/h1-4H,5-8H2,(H,15,16)(H,17,18). The van der Waals surface area contributed by atoms with Crippen molar-refractivity contribution < 1.29 is 19.8 Å². The van der Waals surface area contributed by atoms with Gasteiger partial charge in [0.2, 0.25) is 0 Å². The molecule has 0 aliphatic heterocycles. The third-order valence-corrected chi connectivity index (χ3v) is 2.91. The third kappa shape index (κ3) is 5.18. The van der Waals surface area contributed by atoms with Crippen LogP contribution < -0.4 is 4.90 Å². The summed E-state index contributed by atoms with van der Waals surface area (Å²) in [6, 6.07) is 7.33. The van der Waals surface area contributed by atoms with E-state index < -0.39 is 11.9 Å². The Morgan fingerprint density at radius 3 is 1.83 bits per heavy atom. The number of anilines is 1. The molecule has 0 heterocycles. The Balaban J connectivity index is 2.71. The van der Waals surface area contributed by atoms with Crippen LogP contribution in [0, 0.1) is 0 Å². The van der Waals surface area contributed by atoms with Crippen LogP contribution in [0.1, 0.15) is 12.8 Å². The van der Waals surface area contributed by atoms with Crippen molar-refractivity contribution in [3.8, 4) is 0 Å². The van der Waals surface area contributed by atoms with Crippen molar-refractivity contribution in [1.29, 1.82) is 0 Å². The molecule has 0 amide bonds. The summed E-state index contributed by atoms with van der Waals surface area (Å²) in [5.74, 6) is -1.79. The number of rotatable bonds is 7. The molecule has 0 fully saturated rings. The van der Waals surface area contributed by atoms with Gasteiger partial charge in [-0.1, -0.05) is 15.9 Å². The molecule has 0 saturated carbocycles. The smallest absolute Gasteiger partial charge is 0.305 e. The molecule has 0 aliphatic carbocycles. The van der Waals surface area contributed by atoms with E-state index in [1.54, 1.807) is 4.90 Å². The quantitative estimate of drug-likeness (QED) is 0.806. The van der Waals surface area contributed by atoms with Gasteiger partial charge in [-0.2, -0.15) is 0 Å². The molecule has 18 heavy (non-hydrogen) atoms. The molecular formula is C12H14BrNO4. The van der Waals surface area contributed by atoms with Crippen LogP contribution >= 0.6 is 15.9 Å². The van der Waals surface area contributed by atoms with E-state index in [1.807, 2.05) is 24.3 Å². The Bertz CT molecular complexity index is 401. The largest absolute Gasteiger partial charge is 0.481 e. The van der Waals surface area contributed by atoms with Crippen LogP contribution in [0.2, 0.25) is 0 Å². The second-order valence-electron chi connectivity index (χ2n) is 3.75. The predicted octanol–water partition coefficient (Wildman–Crippen LogP) is 2.20. The highest BCUT2D eigenvalue weighted by atomic mass is 79.9. The maximum atomic E-state index is 10.6. The number of hydrogen-bond donors (Lipinski definition) is 2. The zero-order chi connectivity index (χ0) is 13.5. The first-order valence-electron chi connectivity index (χ1n) is 5.43. The minimum Gasteiger partial charge on any atom is -0.481 e. The van der Waals surface area contributed by atoms with Gasteiger partial charge in [-0.05, 0) is 24.3 Å². The fourth-order valence-corrected chi connectivity index (χ4v) is 1.75. The third-order valence-electron chi connectivity index (χ3n) is 2.38. The zero-order valence-electron chi connectivity index (χ0n) is 9.67. The van der Waals surface area contributed by atoms with Crippen LogP contribution in [0.25, 0.3) is 0 Å². The highest BCUT2D eigenvalue weighted by molar-refractivity contribution is 9.10. The summed E-state index contributed by atoms with van der Waals surface area (Å²) in [4.78, 5) is 22.9. The molecule has 0 unspecified atom stereocenters. The number of carboxylic acid groups (broad SMARTS) is 2. The molecule has 1 aromatic carbocycles. The Hall–Kier alpha value is -1.56. The van der Waals surface area contributed by atoms with Crippen LogP contribution in [0.5, 0.6) is 0 Å². The molecule has 0 aromatic heterocycles. The molecule has 6 heteroatoms. The molecule has 1 aromatic rings. The van der Waals surface area contributed by atoms with Gasteiger partial charge in [0.1, 0.15) is 0 Å². The molecule has 1 rings (SSSR count). The van der Waals surface area contributed by atoms with Gasteiger partial charge in [-0.3, -0.25) is 9.59 Å². The molecule has 0 saturated heterocycles. The van der Waals surface area contributed by atoms with E-state index in [0.29, 0.717) is 13.1 Å². The van der Waals surface area contributed by atoms with Gasteiger partial charge in [-0.25, -0.2) is 0 Å². The Morgan fingerprint density at radius 1 is 1.00 bits per heavy atom. The van der Waals surface area contributed by atoms with E-state index in [4.69, 9.17) is 10.2 Å². The van der Waals surface area contributed by atoms with Gasteiger partial charge in [0.05, 0.1) is 12.8 Å². The van der Waals surface area contributed by atoms with Gasteiger partial charge in [0, 0.05) is 23.2 Å². The summed E-state index contributed by atoms with van der Waals surface area (Å²) in [5, 5.41) is 17.4. The van der Waals surface area contributed by atoms with E-state index in [0.717, 1.165) is 10.2 Å². The van der Waals surface area contributed by atoms with Crippen molar-refractivity contribution in [2.24, 2.45) is 0 Å². The van der Waals surface area contributed by atoms with Crippen LogP contribution in [-0.4, -0.2) is 35.2 Å². The Morgan fingerprint density at radius 2 is 1.44 bits per heavy atom. The number of carbonyl (C=O) groups is 2. The topological polar surface area (TPSA) is 77.8 Å². The SMILES string of the molecule is O=C(O)CCN(CCC(=O)O)c1ccc(Br)cc1. The first-order valence-corrected chi connectivity index (χ1v) is 6.22. The Kier molecular flexibility index (Phi) is 5.64. The molecule has 0 bridgehead atoms. The van der Waals surface area contributed by atoms with Crippen molar-refractivity contribution in [2.45, 2.75) is 12.8 Å². The first kappa shape index (κ1) is 14.5. The molecule has 5 nitrogen and oxygen atoms in total. The second kappa shape index (κ2) is 7.00. The second-order valence-corrected chi connectivity index (χ2v) is 4.67.